The molecule has 7 heteroatoms. The molecule has 2 N–H and O–H groups in total. The quantitative estimate of drug-likeness (QED) is 0.632. The highest BCUT2D eigenvalue weighted by molar-refractivity contribution is 7.85. The predicted molar refractivity (Wildman–Crippen MR) is 64.9 cm³/mol. The molecule has 0 saturated carbocycles. The van der Waals surface area contributed by atoms with Crippen LogP contribution >= 0.6 is 0 Å². The van der Waals surface area contributed by atoms with Crippen LogP contribution in [0.3, 0.4) is 0 Å². The van der Waals surface area contributed by atoms with Crippen molar-refractivity contribution < 1.29 is 22.6 Å². The number of hydrogen-bond donors (Lipinski definition) is 2. The summed E-state index contributed by atoms with van der Waals surface area (Å²) in [7, 11) is -4.33. The van der Waals surface area contributed by atoms with Crippen LogP contribution in [0.15, 0.2) is 23.1 Å². The second-order valence-electron chi connectivity index (χ2n) is 3.88. The number of rotatable bonds is 4. The first-order valence-electron chi connectivity index (χ1n) is 5.07. The Balaban J connectivity index is 3.00. The molecule has 0 radical (unpaired) electrons. The van der Waals surface area contributed by atoms with Crippen molar-refractivity contribution in [3.63, 3.8) is 0 Å². The summed E-state index contributed by atoms with van der Waals surface area (Å²) in [4.78, 5) is 21.8. The van der Waals surface area contributed by atoms with Crippen LogP contribution in [-0.4, -0.2) is 24.7 Å². The summed E-state index contributed by atoms with van der Waals surface area (Å²) in [5.74, 6) is -0.831. The number of hydrogen-bond acceptors (Lipinski definition) is 4. The number of nitrogens with one attached hydrogen (secondary N) is 1. The van der Waals surface area contributed by atoms with E-state index in [1.165, 1.54) is 26.0 Å². The average molecular weight is 271 g/mol. The van der Waals surface area contributed by atoms with Gasteiger partial charge in [-0.2, -0.15) is 8.42 Å². The Kier molecular flexibility index (Phi) is 4.20. The zero-order valence-corrected chi connectivity index (χ0v) is 10.7. The third-order valence-corrected chi connectivity index (χ3v) is 3.15. The van der Waals surface area contributed by atoms with Crippen LogP contribution in [0.1, 0.15) is 18.9 Å². The van der Waals surface area contributed by atoms with Crippen molar-refractivity contribution >= 4 is 27.5 Å². The van der Waals surface area contributed by atoms with Crippen molar-refractivity contribution in [1.82, 2.24) is 0 Å². The highest BCUT2D eigenvalue weighted by Crippen LogP contribution is 2.19. The standard InChI is InChI=1S/C11H13NO5S/c1-7-3-4-9(6-10(7)18(15,16)17)12-11(14)5-8(2)13/h3-4,6H,5H2,1-2H3,(H,12,14)(H,15,16,17). The highest BCUT2D eigenvalue weighted by Gasteiger charge is 2.14. The summed E-state index contributed by atoms with van der Waals surface area (Å²) in [5, 5.41) is 2.38. The Labute approximate surface area is 105 Å². The lowest BCUT2D eigenvalue weighted by atomic mass is 10.2. The van der Waals surface area contributed by atoms with Crippen LogP contribution in [0.25, 0.3) is 0 Å². The van der Waals surface area contributed by atoms with Crippen molar-refractivity contribution in [2.24, 2.45) is 0 Å². The summed E-state index contributed by atoms with van der Waals surface area (Å²) < 4.78 is 31.1. The van der Waals surface area contributed by atoms with Gasteiger partial charge in [0.1, 0.15) is 5.78 Å². The van der Waals surface area contributed by atoms with Crippen molar-refractivity contribution in [3.05, 3.63) is 23.8 Å². The molecule has 0 bridgehead atoms. The zero-order valence-electron chi connectivity index (χ0n) is 9.93. The van der Waals surface area contributed by atoms with Crippen LogP contribution in [0.2, 0.25) is 0 Å². The van der Waals surface area contributed by atoms with E-state index in [1.54, 1.807) is 0 Å². The zero-order chi connectivity index (χ0) is 13.9. The molecule has 1 rings (SSSR count). The lowest BCUT2D eigenvalue weighted by Gasteiger charge is -2.07. The average Bonchev–Trinajstić information content (AvgIpc) is 2.17. The Morgan fingerprint density at radius 2 is 1.94 bits per heavy atom. The molecule has 1 amide bonds. The van der Waals surface area contributed by atoms with E-state index in [0.717, 1.165) is 6.07 Å². The van der Waals surface area contributed by atoms with E-state index in [1.807, 2.05) is 0 Å². The highest BCUT2D eigenvalue weighted by atomic mass is 32.2. The molecule has 1 aromatic carbocycles. The van der Waals surface area contributed by atoms with Gasteiger partial charge in [-0.05, 0) is 31.5 Å². The van der Waals surface area contributed by atoms with Gasteiger partial charge in [0.15, 0.2) is 0 Å². The lowest BCUT2D eigenvalue weighted by molar-refractivity contribution is -0.124. The molecule has 0 fully saturated rings. The van der Waals surface area contributed by atoms with Crippen LogP contribution < -0.4 is 5.32 Å². The minimum absolute atomic E-state index is 0.208. The predicted octanol–water partition coefficient (Wildman–Crippen LogP) is 1.16. The molecule has 0 aromatic heterocycles. The molecule has 0 aliphatic carbocycles. The first-order chi connectivity index (χ1) is 8.20. The number of aryl methyl sites for hydroxylation is 1. The Hall–Kier alpha value is -1.73. The van der Waals surface area contributed by atoms with Crippen LogP contribution in [-0.2, 0) is 19.7 Å². The smallest absolute Gasteiger partial charge is 0.294 e. The summed E-state index contributed by atoms with van der Waals surface area (Å²) >= 11 is 0. The fourth-order valence-electron chi connectivity index (χ4n) is 1.39. The van der Waals surface area contributed by atoms with Crippen LogP contribution in [0.5, 0.6) is 0 Å². The molecule has 18 heavy (non-hydrogen) atoms. The molecule has 0 saturated heterocycles. The van der Waals surface area contributed by atoms with Gasteiger partial charge >= 0.3 is 0 Å². The fraction of sp³-hybridized carbons (Fsp3) is 0.273. The maximum atomic E-state index is 11.3. The first kappa shape index (κ1) is 14.3. The van der Waals surface area contributed by atoms with E-state index in [0.29, 0.717) is 5.56 Å². The molecule has 0 heterocycles. The number of carbonyl (C=O) groups excluding carboxylic acids is 2. The number of Topliss-reactive ketones (excluding diaryl/α,β-unsaturated/α-hetero) is 1. The number of amides is 1. The van der Waals surface area contributed by atoms with Gasteiger partial charge in [-0.3, -0.25) is 14.1 Å². The Morgan fingerprint density at radius 3 is 2.44 bits per heavy atom. The van der Waals surface area contributed by atoms with Gasteiger partial charge in [-0.15, -0.1) is 0 Å². The van der Waals surface area contributed by atoms with Crippen molar-refractivity contribution in [3.8, 4) is 0 Å². The number of anilines is 1. The monoisotopic (exact) mass is 271 g/mol. The van der Waals surface area contributed by atoms with E-state index >= 15 is 0 Å². The molecule has 0 aliphatic rings. The van der Waals surface area contributed by atoms with E-state index in [-0.39, 0.29) is 22.8 Å². The Bertz CT molecular complexity index is 591. The molecule has 0 aliphatic heterocycles. The summed E-state index contributed by atoms with van der Waals surface area (Å²) in [5.41, 5.74) is 0.571. The van der Waals surface area contributed by atoms with E-state index < -0.39 is 16.0 Å². The summed E-state index contributed by atoms with van der Waals surface area (Å²) in [6.45, 7) is 2.79. The van der Waals surface area contributed by atoms with Crippen molar-refractivity contribution in [1.29, 1.82) is 0 Å². The van der Waals surface area contributed by atoms with Gasteiger partial charge in [0.25, 0.3) is 10.1 Å². The second kappa shape index (κ2) is 5.28. The lowest BCUT2D eigenvalue weighted by Crippen LogP contribution is -2.15. The maximum Gasteiger partial charge on any atom is 0.294 e. The van der Waals surface area contributed by atoms with Gasteiger partial charge in [-0.25, -0.2) is 0 Å². The van der Waals surface area contributed by atoms with Crippen LogP contribution in [0.4, 0.5) is 5.69 Å². The first-order valence-corrected chi connectivity index (χ1v) is 6.51. The van der Waals surface area contributed by atoms with E-state index in [4.69, 9.17) is 4.55 Å². The number of carbonyl (C=O) groups is 2. The van der Waals surface area contributed by atoms with E-state index in [9.17, 15) is 18.0 Å². The summed E-state index contributed by atoms with van der Waals surface area (Å²) in [6, 6.07) is 4.08. The normalized spacial score (nSPS) is 11.1. The molecule has 0 spiro atoms. The molecule has 98 valence electrons. The number of benzene rings is 1. The molecule has 6 nitrogen and oxygen atoms in total. The largest absolute Gasteiger partial charge is 0.326 e. The number of ketones is 1. The van der Waals surface area contributed by atoms with Gasteiger partial charge in [0, 0.05) is 5.69 Å². The molecular formula is C11H13NO5S. The Morgan fingerprint density at radius 1 is 1.33 bits per heavy atom. The van der Waals surface area contributed by atoms with E-state index in [2.05, 4.69) is 5.32 Å². The molecule has 0 unspecified atom stereocenters. The SMILES string of the molecule is CC(=O)CC(=O)Nc1ccc(C)c(S(=O)(=O)O)c1. The van der Waals surface area contributed by atoms with Gasteiger partial charge in [0.05, 0.1) is 11.3 Å². The van der Waals surface area contributed by atoms with Gasteiger partial charge in [-0.1, -0.05) is 6.07 Å². The maximum absolute atomic E-state index is 11.3. The minimum atomic E-state index is -4.33. The molecule has 0 atom stereocenters. The minimum Gasteiger partial charge on any atom is -0.326 e. The third-order valence-electron chi connectivity index (χ3n) is 2.16. The van der Waals surface area contributed by atoms with Gasteiger partial charge in [0.2, 0.25) is 5.91 Å². The fourth-order valence-corrected chi connectivity index (χ4v) is 2.14. The van der Waals surface area contributed by atoms with Crippen molar-refractivity contribution in [2.45, 2.75) is 25.2 Å². The van der Waals surface area contributed by atoms with Gasteiger partial charge < -0.3 is 5.32 Å². The summed E-state index contributed by atoms with van der Waals surface area (Å²) in [6.07, 6.45) is -0.283. The van der Waals surface area contributed by atoms with Crippen molar-refractivity contribution in [2.75, 3.05) is 5.32 Å². The van der Waals surface area contributed by atoms with Crippen LogP contribution in [0, 0.1) is 6.92 Å². The molecule has 1 aromatic rings. The molecular weight excluding hydrogens is 258 g/mol. The third kappa shape index (κ3) is 3.94. The topological polar surface area (TPSA) is 101 Å². The second-order valence-corrected chi connectivity index (χ2v) is 5.27.